The van der Waals surface area contributed by atoms with Crippen LogP contribution in [-0.2, 0) is 11.2 Å². The molecule has 18 heavy (non-hydrogen) atoms. The van der Waals surface area contributed by atoms with Crippen LogP contribution in [0, 0.1) is 5.92 Å². The molecule has 2 N–H and O–H groups in total. The predicted molar refractivity (Wildman–Crippen MR) is 75.0 cm³/mol. The maximum Gasteiger partial charge on any atom is 0.303 e. The molecule has 0 unspecified atom stereocenters. The molecule has 1 rings (SSSR count). The zero-order chi connectivity index (χ0) is 13.4. The Kier molecular flexibility index (Phi) is 6.26. The fraction of sp³-hybridized carbons (Fsp3) is 0.533. The zero-order valence-corrected chi connectivity index (χ0v) is 11.3. The largest absolute Gasteiger partial charge is 0.481 e. The van der Waals surface area contributed by atoms with E-state index in [1.807, 2.05) is 0 Å². The SMILES string of the molecule is CC(C)Cc1ccc(NCCCCC(=O)O)cc1. The third-order valence-corrected chi connectivity index (χ3v) is 2.74. The van der Waals surface area contributed by atoms with Crippen LogP contribution >= 0.6 is 0 Å². The molecule has 0 aliphatic carbocycles. The van der Waals surface area contributed by atoms with Crippen molar-refractivity contribution < 1.29 is 9.90 Å². The van der Waals surface area contributed by atoms with E-state index in [1.54, 1.807) is 0 Å². The first-order chi connectivity index (χ1) is 8.58. The Balaban J connectivity index is 2.24. The molecule has 0 spiro atoms. The number of benzene rings is 1. The molecule has 0 aliphatic heterocycles. The summed E-state index contributed by atoms with van der Waals surface area (Å²) in [5, 5.41) is 11.8. The molecule has 3 nitrogen and oxygen atoms in total. The second kappa shape index (κ2) is 7.75. The molecule has 0 radical (unpaired) electrons. The Bertz CT molecular complexity index is 357. The van der Waals surface area contributed by atoms with E-state index in [0.29, 0.717) is 5.92 Å². The van der Waals surface area contributed by atoms with E-state index in [0.717, 1.165) is 31.5 Å². The average Bonchev–Trinajstić information content (AvgIpc) is 2.30. The van der Waals surface area contributed by atoms with Gasteiger partial charge in [-0.25, -0.2) is 0 Å². The number of unbranched alkanes of at least 4 members (excludes halogenated alkanes) is 1. The molecule has 0 aromatic heterocycles. The second-order valence-corrected chi connectivity index (χ2v) is 5.07. The molecule has 0 fully saturated rings. The van der Waals surface area contributed by atoms with Crippen LogP contribution in [0.1, 0.15) is 38.7 Å². The second-order valence-electron chi connectivity index (χ2n) is 5.07. The molecule has 3 heteroatoms. The van der Waals surface area contributed by atoms with E-state index in [2.05, 4.69) is 43.4 Å². The number of rotatable bonds is 8. The summed E-state index contributed by atoms with van der Waals surface area (Å²) in [7, 11) is 0. The highest BCUT2D eigenvalue weighted by molar-refractivity contribution is 5.66. The van der Waals surface area contributed by atoms with Crippen molar-refractivity contribution in [3.05, 3.63) is 29.8 Å². The number of nitrogens with one attached hydrogen (secondary N) is 1. The minimum Gasteiger partial charge on any atom is -0.481 e. The first-order valence-electron chi connectivity index (χ1n) is 6.62. The molecule has 0 amide bonds. The smallest absolute Gasteiger partial charge is 0.303 e. The lowest BCUT2D eigenvalue weighted by atomic mass is 10.0. The molecule has 100 valence electrons. The van der Waals surface area contributed by atoms with E-state index in [4.69, 9.17) is 5.11 Å². The van der Waals surface area contributed by atoms with Crippen LogP contribution in [0.15, 0.2) is 24.3 Å². The van der Waals surface area contributed by atoms with Gasteiger partial charge in [-0.15, -0.1) is 0 Å². The number of hydrogen-bond acceptors (Lipinski definition) is 2. The van der Waals surface area contributed by atoms with Gasteiger partial charge in [0.2, 0.25) is 0 Å². The molecule has 0 saturated heterocycles. The lowest BCUT2D eigenvalue weighted by molar-refractivity contribution is -0.137. The van der Waals surface area contributed by atoms with Gasteiger partial charge in [-0.3, -0.25) is 4.79 Å². The third-order valence-electron chi connectivity index (χ3n) is 2.74. The molecular weight excluding hydrogens is 226 g/mol. The summed E-state index contributed by atoms with van der Waals surface area (Å²) in [4.78, 5) is 10.3. The standard InChI is InChI=1S/C15H23NO2/c1-12(2)11-13-6-8-14(9-7-13)16-10-4-3-5-15(17)18/h6-9,12,16H,3-5,10-11H2,1-2H3,(H,17,18). The van der Waals surface area contributed by atoms with Gasteiger partial charge in [-0.2, -0.15) is 0 Å². The van der Waals surface area contributed by atoms with Crippen molar-refractivity contribution in [2.45, 2.75) is 39.5 Å². The van der Waals surface area contributed by atoms with Crippen molar-refractivity contribution >= 4 is 11.7 Å². The van der Waals surface area contributed by atoms with E-state index in [-0.39, 0.29) is 6.42 Å². The highest BCUT2D eigenvalue weighted by Crippen LogP contribution is 2.13. The van der Waals surface area contributed by atoms with Crippen LogP contribution in [0.2, 0.25) is 0 Å². The van der Waals surface area contributed by atoms with Crippen LogP contribution < -0.4 is 5.32 Å². The number of anilines is 1. The Morgan fingerprint density at radius 2 is 1.89 bits per heavy atom. The number of hydrogen-bond donors (Lipinski definition) is 2. The van der Waals surface area contributed by atoms with Crippen LogP contribution in [0.4, 0.5) is 5.69 Å². The maximum absolute atomic E-state index is 10.3. The van der Waals surface area contributed by atoms with Crippen molar-refractivity contribution in [2.24, 2.45) is 5.92 Å². The summed E-state index contributed by atoms with van der Waals surface area (Å²) in [5.41, 5.74) is 2.47. The number of carboxylic acid groups (broad SMARTS) is 1. The fourth-order valence-electron chi connectivity index (χ4n) is 1.86. The lowest BCUT2D eigenvalue weighted by Crippen LogP contribution is -2.03. The molecule has 0 heterocycles. The maximum atomic E-state index is 10.3. The summed E-state index contributed by atoms with van der Waals surface area (Å²) in [6.45, 7) is 5.26. The van der Waals surface area contributed by atoms with Crippen LogP contribution in [0.5, 0.6) is 0 Å². The van der Waals surface area contributed by atoms with Gasteiger partial charge in [0.15, 0.2) is 0 Å². The summed E-state index contributed by atoms with van der Waals surface area (Å²) in [6.07, 6.45) is 2.99. The summed E-state index contributed by atoms with van der Waals surface area (Å²) in [6, 6.07) is 8.49. The molecule has 0 aliphatic rings. The topological polar surface area (TPSA) is 49.3 Å². The monoisotopic (exact) mass is 249 g/mol. The normalized spacial score (nSPS) is 10.6. The summed E-state index contributed by atoms with van der Waals surface area (Å²) >= 11 is 0. The number of carboxylic acids is 1. The lowest BCUT2D eigenvalue weighted by Gasteiger charge is -2.08. The van der Waals surface area contributed by atoms with Crippen LogP contribution in [-0.4, -0.2) is 17.6 Å². The van der Waals surface area contributed by atoms with Crippen molar-refractivity contribution in [1.29, 1.82) is 0 Å². The van der Waals surface area contributed by atoms with E-state index < -0.39 is 5.97 Å². The third kappa shape index (κ3) is 6.28. The molecule has 0 saturated carbocycles. The van der Waals surface area contributed by atoms with Gasteiger partial charge in [0.1, 0.15) is 0 Å². The Labute approximate surface area is 109 Å². The molecule has 1 aromatic carbocycles. The van der Waals surface area contributed by atoms with Crippen molar-refractivity contribution in [3.8, 4) is 0 Å². The van der Waals surface area contributed by atoms with Gasteiger partial charge < -0.3 is 10.4 Å². The zero-order valence-electron chi connectivity index (χ0n) is 11.3. The Morgan fingerprint density at radius 3 is 2.44 bits per heavy atom. The van der Waals surface area contributed by atoms with Gasteiger partial charge in [-0.05, 0) is 42.9 Å². The molecular formula is C15H23NO2. The van der Waals surface area contributed by atoms with Gasteiger partial charge in [0, 0.05) is 18.7 Å². The van der Waals surface area contributed by atoms with E-state index >= 15 is 0 Å². The molecule has 0 atom stereocenters. The van der Waals surface area contributed by atoms with Crippen molar-refractivity contribution in [1.82, 2.24) is 0 Å². The van der Waals surface area contributed by atoms with Crippen LogP contribution in [0.25, 0.3) is 0 Å². The summed E-state index contributed by atoms with van der Waals surface area (Å²) < 4.78 is 0. The van der Waals surface area contributed by atoms with Gasteiger partial charge >= 0.3 is 5.97 Å². The van der Waals surface area contributed by atoms with Gasteiger partial charge in [-0.1, -0.05) is 26.0 Å². The first kappa shape index (κ1) is 14.6. The number of carbonyl (C=O) groups is 1. The van der Waals surface area contributed by atoms with Crippen molar-refractivity contribution in [2.75, 3.05) is 11.9 Å². The van der Waals surface area contributed by atoms with Gasteiger partial charge in [0.25, 0.3) is 0 Å². The molecule has 1 aromatic rings. The molecule has 0 bridgehead atoms. The van der Waals surface area contributed by atoms with Gasteiger partial charge in [0.05, 0.1) is 0 Å². The highest BCUT2D eigenvalue weighted by atomic mass is 16.4. The van der Waals surface area contributed by atoms with E-state index in [9.17, 15) is 4.79 Å². The van der Waals surface area contributed by atoms with E-state index in [1.165, 1.54) is 5.56 Å². The minimum absolute atomic E-state index is 0.259. The Morgan fingerprint density at radius 1 is 1.22 bits per heavy atom. The quantitative estimate of drug-likeness (QED) is 0.693. The van der Waals surface area contributed by atoms with Crippen molar-refractivity contribution in [3.63, 3.8) is 0 Å². The first-order valence-corrected chi connectivity index (χ1v) is 6.62. The number of aliphatic carboxylic acids is 1. The average molecular weight is 249 g/mol. The predicted octanol–water partition coefficient (Wildman–Crippen LogP) is 3.55. The summed E-state index contributed by atoms with van der Waals surface area (Å²) in [5.74, 6) is -0.0344. The fourth-order valence-corrected chi connectivity index (χ4v) is 1.86. The van der Waals surface area contributed by atoms with Crippen LogP contribution in [0.3, 0.4) is 0 Å². The highest BCUT2D eigenvalue weighted by Gasteiger charge is 1.99. The Hall–Kier alpha value is -1.51. The minimum atomic E-state index is -0.715.